The van der Waals surface area contributed by atoms with E-state index in [1.165, 1.54) is 19.3 Å². The van der Waals surface area contributed by atoms with E-state index in [2.05, 4.69) is 16.0 Å². The Hall–Kier alpha value is -3.56. The smallest absolute Gasteiger partial charge is 0.407 e. The summed E-state index contributed by atoms with van der Waals surface area (Å²) in [5.74, 6) is -1.04. The Bertz CT molecular complexity index is 1280. The van der Waals surface area contributed by atoms with Crippen molar-refractivity contribution in [3.63, 3.8) is 0 Å². The summed E-state index contributed by atoms with van der Waals surface area (Å²) in [6.07, 6.45) is 8.19. The van der Waals surface area contributed by atoms with Gasteiger partial charge in [-0.05, 0) is 77.3 Å². The number of carbonyl (C=O) groups excluding carboxylic acids is 4. The molecule has 10 heteroatoms. The number of hydrogen-bond acceptors (Lipinski definition) is 6. The lowest BCUT2D eigenvalue weighted by Crippen LogP contribution is -2.52. The highest BCUT2D eigenvalue weighted by Gasteiger charge is 2.38. The number of aromatic nitrogens is 1. The van der Waals surface area contributed by atoms with E-state index in [0.29, 0.717) is 50.4 Å². The Morgan fingerprint density at radius 3 is 2.47 bits per heavy atom. The molecule has 2 fully saturated rings. The summed E-state index contributed by atoms with van der Waals surface area (Å²) >= 11 is 0. The molecular formula is C33H48N4O6. The first kappa shape index (κ1) is 32.4. The summed E-state index contributed by atoms with van der Waals surface area (Å²) in [5.41, 5.74) is 0.736. The number of benzene rings is 1. The molecule has 0 unspecified atom stereocenters. The first-order valence-corrected chi connectivity index (χ1v) is 15.8. The number of nitrogens with zero attached hydrogens (tertiary/aromatic N) is 1. The summed E-state index contributed by atoms with van der Waals surface area (Å²) in [7, 11) is 1.82. The van der Waals surface area contributed by atoms with Crippen molar-refractivity contribution in [1.82, 2.24) is 20.5 Å². The molecule has 2 aromatic rings. The minimum Gasteiger partial charge on any atom is -0.460 e. The molecule has 2 aliphatic rings. The van der Waals surface area contributed by atoms with Crippen LogP contribution in [0, 0.1) is 11.8 Å². The first-order valence-electron chi connectivity index (χ1n) is 15.8. The molecule has 236 valence electrons. The second-order valence-corrected chi connectivity index (χ2v) is 13.0. The van der Waals surface area contributed by atoms with Gasteiger partial charge in [0.05, 0.1) is 12.5 Å². The molecule has 0 aliphatic heterocycles. The second-order valence-electron chi connectivity index (χ2n) is 13.0. The van der Waals surface area contributed by atoms with Crippen molar-refractivity contribution in [2.24, 2.45) is 18.9 Å². The van der Waals surface area contributed by atoms with Crippen molar-refractivity contribution in [2.45, 2.75) is 103 Å². The lowest BCUT2D eigenvalue weighted by atomic mass is 9.90. The number of rotatable bonds is 11. The first-order chi connectivity index (χ1) is 20.5. The fourth-order valence-corrected chi connectivity index (χ4v) is 6.18. The minimum absolute atomic E-state index is 0.300. The van der Waals surface area contributed by atoms with Crippen molar-refractivity contribution in [1.29, 1.82) is 0 Å². The van der Waals surface area contributed by atoms with Crippen molar-refractivity contribution in [3.05, 3.63) is 36.0 Å². The predicted molar refractivity (Wildman–Crippen MR) is 164 cm³/mol. The standard InChI is InChI=1S/C33H48N4O6/c1-33(2,3)43-31(40)24-15-10-16-25(24)35-29(38)26(17-11-19-34-32(41)42-21-22-12-6-5-7-13-22)36-30(39)28-20-23-14-8-9-18-27(23)37(28)4/h8-9,14,18,20,22,24-26H,5-7,10-13,15-17,19,21H2,1-4H3,(H,34,41)(H,35,38)(H,36,39)/t24-,25+,26+/m1/s1. The molecule has 1 aromatic carbocycles. The van der Waals surface area contributed by atoms with Gasteiger partial charge in [0, 0.05) is 30.5 Å². The lowest BCUT2D eigenvalue weighted by Gasteiger charge is -2.27. The van der Waals surface area contributed by atoms with E-state index in [0.717, 1.165) is 30.2 Å². The number of esters is 1. The lowest BCUT2D eigenvalue weighted by molar-refractivity contribution is -0.160. The molecule has 0 spiro atoms. The third-order valence-electron chi connectivity index (χ3n) is 8.47. The van der Waals surface area contributed by atoms with Gasteiger partial charge in [-0.2, -0.15) is 0 Å². The van der Waals surface area contributed by atoms with Crippen LogP contribution in [0.5, 0.6) is 0 Å². The maximum Gasteiger partial charge on any atom is 0.407 e. The molecule has 0 saturated heterocycles. The quantitative estimate of drug-likeness (QED) is 0.248. The Morgan fingerprint density at radius 1 is 1.00 bits per heavy atom. The number of hydrogen-bond donors (Lipinski definition) is 3. The van der Waals surface area contributed by atoms with Crippen LogP contribution in [0.4, 0.5) is 4.79 Å². The molecule has 4 rings (SSSR count). The number of nitrogens with one attached hydrogen (secondary N) is 3. The number of amides is 3. The van der Waals surface area contributed by atoms with E-state index >= 15 is 0 Å². The van der Waals surface area contributed by atoms with E-state index in [4.69, 9.17) is 9.47 Å². The Labute approximate surface area is 254 Å². The molecule has 1 aromatic heterocycles. The van der Waals surface area contributed by atoms with Gasteiger partial charge in [-0.3, -0.25) is 14.4 Å². The van der Waals surface area contributed by atoms with Gasteiger partial charge in [-0.1, -0.05) is 43.9 Å². The SMILES string of the molecule is Cn1c(C(=O)N[C@@H](CCCNC(=O)OCC2CCCCC2)C(=O)N[C@H]2CCC[C@H]2C(=O)OC(C)(C)C)cc2ccccc21. The summed E-state index contributed by atoms with van der Waals surface area (Å²) in [5, 5.41) is 9.65. The van der Waals surface area contributed by atoms with Crippen molar-refractivity contribution < 1.29 is 28.7 Å². The largest absolute Gasteiger partial charge is 0.460 e. The Balaban J connectivity index is 1.37. The monoisotopic (exact) mass is 596 g/mol. The zero-order valence-corrected chi connectivity index (χ0v) is 26.1. The average molecular weight is 597 g/mol. The zero-order valence-electron chi connectivity index (χ0n) is 26.1. The van der Waals surface area contributed by atoms with Gasteiger partial charge in [0.2, 0.25) is 5.91 Å². The van der Waals surface area contributed by atoms with E-state index in [1.54, 1.807) is 10.6 Å². The van der Waals surface area contributed by atoms with E-state index in [-0.39, 0.29) is 23.8 Å². The molecule has 2 aliphatic carbocycles. The molecule has 43 heavy (non-hydrogen) atoms. The fourth-order valence-electron chi connectivity index (χ4n) is 6.18. The Morgan fingerprint density at radius 2 is 1.74 bits per heavy atom. The maximum absolute atomic E-state index is 13.6. The van der Waals surface area contributed by atoms with E-state index in [1.807, 2.05) is 52.1 Å². The van der Waals surface area contributed by atoms with Crippen LogP contribution >= 0.6 is 0 Å². The van der Waals surface area contributed by atoms with Gasteiger partial charge >= 0.3 is 12.1 Å². The van der Waals surface area contributed by atoms with Crippen LogP contribution in [-0.2, 0) is 26.1 Å². The molecule has 1 heterocycles. The van der Waals surface area contributed by atoms with Crippen molar-refractivity contribution in [2.75, 3.05) is 13.2 Å². The van der Waals surface area contributed by atoms with Crippen molar-refractivity contribution in [3.8, 4) is 0 Å². The normalized spacial score (nSPS) is 19.9. The van der Waals surface area contributed by atoms with E-state index < -0.39 is 23.7 Å². The highest BCUT2D eigenvalue weighted by atomic mass is 16.6. The number of para-hydroxylation sites is 1. The Kier molecular flexibility index (Phi) is 11.1. The highest BCUT2D eigenvalue weighted by Crippen LogP contribution is 2.29. The number of carbonyl (C=O) groups is 4. The van der Waals surface area contributed by atoms with Crippen LogP contribution in [0.1, 0.15) is 95.5 Å². The summed E-state index contributed by atoms with van der Waals surface area (Å²) < 4.78 is 12.8. The highest BCUT2D eigenvalue weighted by molar-refractivity contribution is 6.00. The molecule has 0 bridgehead atoms. The molecule has 10 nitrogen and oxygen atoms in total. The number of fused-ring (bicyclic) bond motifs is 1. The van der Waals surface area contributed by atoms with Gasteiger partial charge in [0.1, 0.15) is 17.3 Å². The van der Waals surface area contributed by atoms with Crippen LogP contribution in [0.25, 0.3) is 10.9 Å². The molecule has 3 amide bonds. The molecule has 0 radical (unpaired) electrons. The average Bonchev–Trinajstić information content (AvgIpc) is 3.57. The van der Waals surface area contributed by atoms with Crippen LogP contribution < -0.4 is 16.0 Å². The minimum atomic E-state index is -0.856. The van der Waals surface area contributed by atoms with Gasteiger partial charge in [-0.15, -0.1) is 0 Å². The van der Waals surface area contributed by atoms with E-state index in [9.17, 15) is 19.2 Å². The van der Waals surface area contributed by atoms with Gasteiger partial charge in [-0.25, -0.2) is 4.79 Å². The van der Waals surface area contributed by atoms with Gasteiger partial charge in [0.25, 0.3) is 5.91 Å². The third-order valence-corrected chi connectivity index (χ3v) is 8.47. The second kappa shape index (κ2) is 14.8. The molecular weight excluding hydrogens is 548 g/mol. The van der Waals surface area contributed by atoms with Crippen LogP contribution in [0.3, 0.4) is 0 Å². The maximum atomic E-state index is 13.6. The van der Waals surface area contributed by atoms with Crippen LogP contribution in [-0.4, -0.2) is 59.3 Å². The summed E-state index contributed by atoms with van der Waals surface area (Å²) in [4.78, 5) is 52.1. The van der Waals surface area contributed by atoms with Crippen LogP contribution in [0.15, 0.2) is 30.3 Å². The number of aryl methyl sites for hydroxylation is 1. The van der Waals surface area contributed by atoms with Crippen LogP contribution in [0.2, 0.25) is 0 Å². The number of ether oxygens (including phenoxy) is 2. The van der Waals surface area contributed by atoms with Crippen molar-refractivity contribution >= 4 is 34.8 Å². The molecule has 3 atom stereocenters. The molecule has 3 N–H and O–H groups in total. The topological polar surface area (TPSA) is 128 Å². The summed E-state index contributed by atoms with van der Waals surface area (Å²) in [6.45, 7) is 6.21. The fraction of sp³-hybridized carbons (Fsp3) is 0.636. The van der Waals surface area contributed by atoms with Gasteiger partial charge in [0.15, 0.2) is 0 Å². The molecule has 2 saturated carbocycles. The third kappa shape index (κ3) is 9.21. The predicted octanol–water partition coefficient (Wildman–Crippen LogP) is 4.99. The van der Waals surface area contributed by atoms with Gasteiger partial charge < -0.3 is 30.0 Å². The number of alkyl carbamates (subject to hydrolysis) is 1. The zero-order chi connectivity index (χ0) is 31.0. The summed E-state index contributed by atoms with van der Waals surface area (Å²) in [6, 6.07) is 8.28.